The number of carboxylic acid groups (broad SMARTS) is 2. The molecule has 0 bridgehead atoms. The highest BCUT2D eigenvalue weighted by Gasteiger charge is 2.49. The molecular formula is C20H44N2O7S. The lowest BCUT2D eigenvalue weighted by Crippen LogP contribution is -2.60. The average molecular weight is 457 g/mol. The number of quaternary nitrogens is 2. The quantitative estimate of drug-likeness (QED) is 0.295. The molecule has 0 aromatic carbocycles. The van der Waals surface area contributed by atoms with Gasteiger partial charge in [0.1, 0.15) is 5.25 Å². The van der Waals surface area contributed by atoms with Crippen LogP contribution in [0.4, 0.5) is 0 Å². The molecule has 0 heterocycles. The summed E-state index contributed by atoms with van der Waals surface area (Å²) in [5, 5.41) is 21.5. The highest BCUT2D eigenvalue weighted by molar-refractivity contribution is 7.87. The second-order valence-corrected chi connectivity index (χ2v) is 9.40. The van der Waals surface area contributed by atoms with Crippen LogP contribution in [0.1, 0.15) is 91.9 Å². The molecule has 0 spiro atoms. The van der Waals surface area contributed by atoms with Gasteiger partial charge in [0, 0.05) is 11.4 Å². The van der Waals surface area contributed by atoms with Crippen molar-refractivity contribution in [2.24, 2.45) is 17.3 Å². The van der Waals surface area contributed by atoms with Gasteiger partial charge < -0.3 is 32.1 Å². The van der Waals surface area contributed by atoms with Crippen LogP contribution in [-0.2, 0) is 19.7 Å². The summed E-state index contributed by atoms with van der Waals surface area (Å²) in [6.07, 6.45) is 5.50. The molecule has 30 heavy (non-hydrogen) atoms. The first-order valence-electron chi connectivity index (χ1n) is 10.4. The molecule has 0 saturated carbocycles. The zero-order chi connectivity index (χ0) is 22.0. The first-order chi connectivity index (χ1) is 13.0. The minimum absolute atomic E-state index is 0. The van der Waals surface area contributed by atoms with Crippen LogP contribution >= 0.6 is 0 Å². The predicted molar refractivity (Wildman–Crippen MR) is 116 cm³/mol. The average Bonchev–Trinajstić information content (AvgIpc) is 2.59. The van der Waals surface area contributed by atoms with Gasteiger partial charge in [-0.05, 0) is 24.7 Å². The fraction of sp³-hybridized carbons (Fsp3) is 0.900. The Bertz CT molecular complexity index is 578. The van der Waals surface area contributed by atoms with E-state index in [9.17, 15) is 32.8 Å². The van der Waals surface area contributed by atoms with Gasteiger partial charge in [-0.15, -0.1) is 0 Å². The number of aliphatic carboxylic acids is 2. The predicted octanol–water partition coefficient (Wildman–Crippen LogP) is 2.69. The molecule has 0 fully saturated rings. The third kappa shape index (κ3) is 9.72. The van der Waals surface area contributed by atoms with E-state index in [1.54, 1.807) is 0 Å². The van der Waals surface area contributed by atoms with Crippen molar-refractivity contribution in [3.05, 3.63) is 0 Å². The summed E-state index contributed by atoms with van der Waals surface area (Å²) >= 11 is 0. The van der Waals surface area contributed by atoms with E-state index >= 15 is 0 Å². The first-order valence-corrected chi connectivity index (χ1v) is 11.9. The third-order valence-corrected chi connectivity index (χ3v) is 7.05. The normalized spacial score (nSPS) is 16.3. The molecule has 0 aromatic heterocycles. The van der Waals surface area contributed by atoms with Gasteiger partial charge in [-0.3, -0.25) is 4.55 Å². The Hall–Kier alpha value is -1.23. The lowest BCUT2D eigenvalue weighted by atomic mass is 9.68. The maximum atomic E-state index is 12.3. The van der Waals surface area contributed by atoms with Crippen LogP contribution in [0.2, 0.25) is 0 Å². The summed E-state index contributed by atoms with van der Waals surface area (Å²) in [5.41, 5.74) is -2.23. The van der Waals surface area contributed by atoms with Crippen molar-refractivity contribution in [1.82, 2.24) is 12.3 Å². The topological polar surface area (TPSA) is 208 Å². The fourth-order valence-electron chi connectivity index (χ4n) is 4.12. The second kappa shape index (κ2) is 15.6. The Morgan fingerprint density at radius 3 is 1.43 bits per heavy atom. The molecule has 10 heteroatoms. The number of hydrogen-bond acceptors (Lipinski definition) is 6. The number of carbonyl (C=O) groups is 2. The van der Waals surface area contributed by atoms with Crippen molar-refractivity contribution in [1.29, 1.82) is 0 Å². The molecule has 0 rings (SSSR count). The summed E-state index contributed by atoms with van der Waals surface area (Å²) in [7, 11) is -5.20. The smallest absolute Gasteiger partial charge is 0.274 e. The van der Waals surface area contributed by atoms with E-state index in [1.165, 1.54) is 0 Å². The molecule has 0 aromatic rings. The number of rotatable bonds is 16. The van der Waals surface area contributed by atoms with E-state index in [0.29, 0.717) is 25.7 Å². The summed E-state index contributed by atoms with van der Waals surface area (Å²) in [6.45, 7) is 7.68. The fourth-order valence-corrected chi connectivity index (χ4v) is 5.22. The van der Waals surface area contributed by atoms with Gasteiger partial charge in [-0.25, -0.2) is 0 Å². The third-order valence-electron chi connectivity index (χ3n) is 5.81. The van der Waals surface area contributed by atoms with Gasteiger partial charge in [0.05, 0.1) is 5.97 Å². The van der Waals surface area contributed by atoms with Crippen LogP contribution in [0, 0.1) is 17.3 Å². The van der Waals surface area contributed by atoms with Crippen molar-refractivity contribution in [2.75, 3.05) is 0 Å². The summed E-state index contributed by atoms with van der Waals surface area (Å²) in [5.74, 6) is -4.22. The Morgan fingerprint density at radius 1 is 0.867 bits per heavy atom. The SMILES string of the molecule is CCCCC(CC)CC(CC(CC)CCCC)(C(=O)[O-])C(C(=O)[O-])S(=O)(=O)O.[NH4+].[NH4+]. The zero-order valence-corrected chi connectivity index (χ0v) is 20.4. The second-order valence-electron chi connectivity index (χ2n) is 7.90. The standard InChI is InChI=1S/C20H38O7S.2H3N/c1-5-9-11-15(7-3)13-20(19(23)24,14-16(8-4)12-10-6-2)17(18(21)22)28(25,26)27;;/h15-17H,5-14H2,1-4H3,(H,21,22)(H,23,24)(H,25,26,27);2*1H3. The van der Waals surface area contributed by atoms with Crippen LogP contribution in [-0.4, -0.2) is 30.2 Å². The Labute approximate surface area is 181 Å². The number of hydrogen-bond donors (Lipinski definition) is 3. The minimum Gasteiger partial charge on any atom is -0.549 e. The van der Waals surface area contributed by atoms with Gasteiger partial charge in [-0.2, -0.15) is 8.42 Å². The highest BCUT2D eigenvalue weighted by Crippen LogP contribution is 2.43. The lowest BCUT2D eigenvalue weighted by Gasteiger charge is -2.44. The summed E-state index contributed by atoms with van der Waals surface area (Å²) < 4.78 is 33.5. The van der Waals surface area contributed by atoms with E-state index in [4.69, 9.17) is 0 Å². The molecule has 9 nitrogen and oxygen atoms in total. The maximum absolute atomic E-state index is 12.3. The Morgan fingerprint density at radius 2 is 1.23 bits per heavy atom. The molecule has 0 amide bonds. The van der Waals surface area contributed by atoms with Crippen molar-refractivity contribution in [3.63, 3.8) is 0 Å². The monoisotopic (exact) mass is 456 g/mol. The maximum Gasteiger partial charge on any atom is 0.274 e. The molecule has 3 atom stereocenters. The zero-order valence-electron chi connectivity index (χ0n) is 19.6. The van der Waals surface area contributed by atoms with E-state index in [2.05, 4.69) is 0 Å². The van der Waals surface area contributed by atoms with Crippen molar-refractivity contribution >= 4 is 22.1 Å². The van der Waals surface area contributed by atoms with Crippen LogP contribution in [0.5, 0.6) is 0 Å². The van der Waals surface area contributed by atoms with E-state index < -0.39 is 32.7 Å². The Kier molecular flexibility index (Phi) is 17.3. The molecule has 0 aliphatic carbocycles. The molecule has 3 unspecified atom stereocenters. The van der Waals surface area contributed by atoms with Crippen molar-refractivity contribution in [3.8, 4) is 0 Å². The molecule has 0 radical (unpaired) electrons. The molecule has 9 N–H and O–H groups in total. The lowest BCUT2D eigenvalue weighted by molar-refractivity contribution is -0.329. The van der Waals surface area contributed by atoms with E-state index in [1.807, 2.05) is 27.7 Å². The van der Waals surface area contributed by atoms with Crippen LogP contribution < -0.4 is 22.5 Å². The molecule has 0 aliphatic heterocycles. The Balaban J connectivity index is -0.00000364. The van der Waals surface area contributed by atoms with Gasteiger partial charge in [0.15, 0.2) is 0 Å². The van der Waals surface area contributed by atoms with Crippen molar-refractivity contribution < 1.29 is 32.8 Å². The van der Waals surface area contributed by atoms with Crippen LogP contribution in [0.3, 0.4) is 0 Å². The largest absolute Gasteiger partial charge is 0.549 e. The molecular weight excluding hydrogens is 412 g/mol. The minimum atomic E-state index is -5.20. The van der Waals surface area contributed by atoms with Gasteiger partial charge in [0.25, 0.3) is 10.1 Å². The molecule has 0 aliphatic rings. The van der Waals surface area contributed by atoms with Crippen LogP contribution in [0.15, 0.2) is 0 Å². The van der Waals surface area contributed by atoms with Gasteiger partial charge >= 0.3 is 0 Å². The number of carbonyl (C=O) groups excluding carboxylic acids is 2. The number of unbranched alkanes of at least 4 members (excludes halogenated alkanes) is 2. The number of carboxylic acids is 2. The van der Waals surface area contributed by atoms with E-state index in [-0.39, 0.29) is 37.0 Å². The van der Waals surface area contributed by atoms with Crippen LogP contribution in [0.25, 0.3) is 0 Å². The van der Waals surface area contributed by atoms with Gasteiger partial charge in [-0.1, -0.05) is 79.1 Å². The van der Waals surface area contributed by atoms with Gasteiger partial charge in [0.2, 0.25) is 0 Å². The molecule has 0 saturated heterocycles. The molecule has 182 valence electrons. The van der Waals surface area contributed by atoms with Crippen molar-refractivity contribution in [2.45, 2.75) is 97.2 Å². The first kappa shape index (κ1) is 33.4. The van der Waals surface area contributed by atoms with E-state index in [0.717, 1.165) is 25.7 Å². The summed E-state index contributed by atoms with van der Waals surface area (Å²) in [4.78, 5) is 24.0. The highest BCUT2D eigenvalue weighted by atomic mass is 32.2. The summed E-state index contributed by atoms with van der Waals surface area (Å²) in [6, 6.07) is 0.